The number of methoxy groups -OCH3 is 2. The highest BCUT2D eigenvalue weighted by Gasteiger charge is 2.12. The average molecular weight is 367 g/mol. The summed E-state index contributed by atoms with van der Waals surface area (Å²) in [5, 5.41) is 0.983. The topological polar surface area (TPSA) is 51.9 Å². The predicted octanol–water partition coefficient (Wildman–Crippen LogP) is 4.06. The molecule has 0 aliphatic carbocycles. The monoisotopic (exact) mass is 367 g/mol. The predicted molar refractivity (Wildman–Crippen MR) is 107 cm³/mol. The normalized spacial score (nSPS) is 11.2. The number of aryl methyl sites for hydroxylation is 2. The SMILES string of the molecule is COc1ccc(CN(C)Cc2cc(=O)oc3c(C)c(C)ccc23)cc1OC. The third-order valence-corrected chi connectivity index (χ3v) is 4.86. The van der Waals surface area contributed by atoms with Crippen molar-refractivity contribution in [2.24, 2.45) is 0 Å². The molecule has 0 atom stereocenters. The fourth-order valence-corrected chi connectivity index (χ4v) is 3.29. The Kier molecular flexibility index (Phi) is 5.51. The van der Waals surface area contributed by atoms with Crippen molar-refractivity contribution in [2.75, 3.05) is 21.3 Å². The highest BCUT2D eigenvalue weighted by Crippen LogP contribution is 2.28. The summed E-state index contributed by atoms with van der Waals surface area (Å²) in [6.45, 7) is 5.36. The van der Waals surface area contributed by atoms with Crippen LogP contribution in [0.15, 0.2) is 45.6 Å². The zero-order valence-corrected chi connectivity index (χ0v) is 16.5. The molecular weight excluding hydrogens is 342 g/mol. The third kappa shape index (κ3) is 3.98. The van der Waals surface area contributed by atoms with Gasteiger partial charge in [0.1, 0.15) is 5.58 Å². The highest BCUT2D eigenvalue weighted by molar-refractivity contribution is 5.83. The molecule has 2 aromatic carbocycles. The molecule has 0 aliphatic rings. The molecule has 3 aromatic rings. The van der Waals surface area contributed by atoms with E-state index in [-0.39, 0.29) is 5.63 Å². The van der Waals surface area contributed by atoms with Crippen molar-refractivity contribution in [3.05, 3.63) is 69.1 Å². The van der Waals surface area contributed by atoms with Crippen LogP contribution in [0.4, 0.5) is 0 Å². The van der Waals surface area contributed by atoms with Crippen LogP contribution in [-0.2, 0) is 13.1 Å². The molecule has 5 heteroatoms. The van der Waals surface area contributed by atoms with Gasteiger partial charge in [-0.05, 0) is 55.3 Å². The lowest BCUT2D eigenvalue weighted by Crippen LogP contribution is -2.18. The number of ether oxygens (including phenoxy) is 2. The molecule has 142 valence electrons. The first-order chi connectivity index (χ1) is 12.9. The molecule has 0 saturated carbocycles. The lowest BCUT2D eigenvalue weighted by molar-refractivity contribution is 0.316. The van der Waals surface area contributed by atoms with Crippen LogP contribution >= 0.6 is 0 Å². The van der Waals surface area contributed by atoms with Crippen LogP contribution in [0, 0.1) is 13.8 Å². The molecule has 1 aromatic heterocycles. The summed E-state index contributed by atoms with van der Waals surface area (Å²) in [5.41, 5.74) is 4.56. The maximum atomic E-state index is 12.0. The van der Waals surface area contributed by atoms with Gasteiger partial charge in [-0.1, -0.05) is 18.2 Å². The summed E-state index contributed by atoms with van der Waals surface area (Å²) in [4.78, 5) is 14.2. The number of fused-ring (bicyclic) bond motifs is 1. The zero-order chi connectivity index (χ0) is 19.6. The van der Waals surface area contributed by atoms with E-state index in [0.717, 1.165) is 27.6 Å². The van der Waals surface area contributed by atoms with E-state index in [9.17, 15) is 4.79 Å². The summed E-state index contributed by atoms with van der Waals surface area (Å²) < 4.78 is 16.1. The van der Waals surface area contributed by atoms with Crippen LogP contribution in [0.2, 0.25) is 0 Å². The summed E-state index contributed by atoms with van der Waals surface area (Å²) >= 11 is 0. The highest BCUT2D eigenvalue weighted by atomic mass is 16.5. The van der Waals surface area contributed by atoms with Crippen LogP contribution in [0.3, 0.4) is 0 Å². The fraction of sp³-hybridized carbons (Fsp3) is 0.318. The van der Waals surface area contributed by atoms with Crippen molar-refractivity contribution in [1.29, 1.82) is 0 Å². The molecule has 3 rings (SSSR count). The van der Waals surface area contributed by atoms with Gasteiger partial charge >= 0.3 is 5.63 Å². The van der Waals surface area contributed by atoms with Crippen molar-refractivity contribution >= 4 is 11.0 Å². The van der Waals surface area contributed by atoms with Crippen LogP contribution in [0.1, 0.15) is 22.3 Å². The average Bonchev–Trinajstić information content (AvgIpc) is 2.64. The number of benzene rings is 2. The Balaban J connectivity index is 1.87. The number of rotatable bonds is 6. The summed E-state index contributed by atoms with van der Waals surface area (Å²) in [6, 6.07) is 11.6. The molecule has 0 radical (unpaired) electrons. The Morgan fingerprint density at radius 3 is 2.41 bits per heavy atom. The van der Waals surface area contributed by atoms with Gasteiger partial charge in [0.2, 0.25) is 0 Å². The second-order valence-corrected chi connectivity index (χ2v) is 6.84. The molecule has 27 heavy (non-hydrogen) atoms. The van der Waals surface area contributed by atoms with E-state index in [1.54, 1.807) is 20.3 Å². The summed E-state index contributed by atoms with van der Waals surface area (Å²) in [5.74, 6) is 1.42. The third-order valence-electron chi connectivity index (χ3n) is 4.86. The quantitative estimate of drug-likeness (QED) is 0.615. The Bertz CT molecular complexity index is 1020. The van der Waals surface area contributed by atoms with Crippen LogP contribution in [0.5, 0.6) is 11.5 Å². The molecule has 0 unspecified atom stereocenters. The van der Waals surface area contributed by atoms with E-state index in [2.05, 4.69) is 11.0 Å². The fourth-order valence-electron chi connectivity index (χ4n) is 3.29. The van der Waals surface area contributed by atoms with E-state index in [1.165, 1.54) is 0 Å². The molecular formula is C22H25NO4. The minimum Gasteiger partial charge on any atom is -0.493 e. The van der Waals surface area contributed by atoms with Gasteiger partial charge in [-0.25, -0.2) is 4.79 Å². The van der Waals surface area contributed by atoms with Crippen molar-refractivity contribution < 1.29 is 13.9 Å². The maximum absolute atomic E-state index is 12.0. The standard InChI is InChI=1S/C22H25NO4/c1-14-6-8-18-17(11-21(24)27-22(18)15(14)2)13-23(3)12-16-7-9-19(25-4)20(10-16)26-5/h6-11H,12-13H2,1-5H3. The molecule has 0 N–H and O–H groups in total. The van der Waals surface area contributed by atoms with Gasteiger partial charge in [0.15, 0.2) is 11.5 Å². The molecule has 0 amide bonds. The molecule has 0 bridgehead atoms. The van der Waals surface area contributed by atoms with E-state index >= 15 is 0 Å². The molecule has 1 heterocycles. The molecule has 0 aliphatic heterocycles. The second kappa shape index (κ2) is 7.84. The van der Waals surface area contributed by atoms with Crippen LogP contribution in [0.25, 0.3) is 11.0 Å². The van der Waals surface area contributed by atoms with E-state index in [4.69, 9.17) is 13.9 Å². The lowest BCUT2D eigenvalue weighted by Gasteiger charge is -2.19. The van der Waals surface area contributed by atoms with Gasteiger partial charge in [0, 0.05) is 24.5 Å². The first kappa shape index (κ1) is 19.0. The zero-order valence-electron chi connectivity index (χ0n) is 16.5. The van der Waals surface area contributed by atoms with Gasteiger partial charge in [-0.3, -0.25) is 4.90 Å². The van der Waals surface area contributed by atoms with Crippen LogP contribution in [-0.4, -0.2) is 26.2 Å². The first-order valence-electron chi connectivity index (χ1n) is 8.85. The minimum absolute atomic E-state index is 0.314. The lowest BCUT2D eigenvalue weighted by atomic mass is 10.0. The Hall–Kier alpha value is -2.79. The van der Waals surface area contributed by atoms with Crippen molar-refractivity contribution in [2.45, 2.75) is 26.9 Å². The Labute approximate surface area is 159 Å². The van der Waals surface area contributed by atoms with E-state index in [0.29, 0.717) is 30.2 Å². The minimum atomic E-state index is -0.314. The molecule has 0 fully saturated rings. The molecule has 0 saturated heterocycles. The first-order valence-corrected chi connectivity index (χ1v) is 8.85. The Morgan fingerprint density at radius 2 is 1.70 bits per heavy atom. The van der Waals surface area contributed by atoms with Crippen molar-refractivity contribution in [3.63, 3.8) is 0 Å². The van der Waals surface area contributed by atoms with Gasteiger partial charge in [-0.2, -0.15) is 0 Å². The van der Waals surface area contributed by atoms with Gasteiger partial charge in [-0.15, -0.1) is 0 Å². The maximum Gasteiger partial charge on any atom is 0.336 e. The largest absolute Gasteiger partial charge is 0.493 e. The molecule has 0 spiro atoms. The summed E-state index contributed by atoms with van der Waals surface area (Å²) in [6.07, 6.45) is 0. The number of hydrogen-bond acceptors (Lipinski definition) is 5. The van der Waals surface area contributed by atoms with E-state index < -0.39 is 0 Å². The van der Waals surface area contributed by atoms with Crippen LogP contribution < -0.4 is 15.1 Å². The van der Waals surface area contributed by atoms with Crippen molar-refractivity contribution in [1.82, 2.24) is 4.90 Å². The Morgan fingerprint density at radius 1 is 0.963 bits per heavy atom. The smallest absolute Gasteiger partial charge is 0.336 e. The number of hydrogen-bond donors (Lipinski definition) is 0. The van der Waals surface area contributed by atoms with Gasteiger partial charge in [0.05, 0.1) is 14.2 Å². The van der Waals surface area contributed by atoms with Gasteiger partial charge in [0.25, 0.3) is 0 Å². The second-order valence-electron chi connectivity index (χ2n) is 6.84. The van der Waals surface area contributed by atoms with Gasteiger partial charge < -0.3 is 13.9 Å². The van der Waals surface area contributed by atoms with E-state index in [1.807, 2.05) is 45.2 Å². The van der Waals surface area contributed by atoms with Crippen molar-refractivity contribution in [3.8, 4) is 11.5 Å². The molecule has 5 nitrogen and oxygen atoms in total. The summed E-state index contributed by atoms with van der Waals surface area (Å²) in [7, 11) is 5.28. The number of nitrogens with zero attached hydrogens (tertiary/aromatic N) is 1.